The van der Waals surface area contributed by atoms with E-state index in [0.29, 0.717) is 12.8 Å². The SMILES string of the molecule is O=C(N[C@@H]1CCC[C@@H](C(=O)NCCC(O)C(=O)O)C1)OCC1c2ccccc2-c2ccccc21. The van der Waals surface area contributed by atoms with Gasteiger partial charge in [0.25, 0.3) is 0 Å². The normalized spacial score (nSPS) is 20.0. The van der Waals surface area contributed by atoms with Gasteiger partial charge in [-0.25, -0.2) is 9.59 Å². The molecule has 34 heavy (non-hydrogen) atoms. The number of carbonyl (C=O) groups excluding carboxylic acids is 2. The molecule has 0 radical (unpaired) electrons. The van der Waals surface area contributed by atoms with Crippen molar-refractivity contribution in [2.24, 2.45) is 5.92 Å². The molecule has 2 aliphatic carbocycles. The van der Waals surface area contributed by atoms with Crippen molar-refractivity contribution in [1.29, 1.82) is 0 Å². The van der Waals surface area contributed by atoms with E-state index in [2.05, 4.69) is 34.9 Å². The smallest absolute Gasteiger partial charge is 0.407 e. The van der Waals surface area contributed by atoms with Crippen LogP contribution in [-0.4, -0.2) is 53.5 Å². The van der Waals surface area contributed by atoms with Crippen LogP contribution in [0.1, 0.15) is 49.1 Å². The first-order chi connectivity index (χ1) is 16.4. The highest BCUT2D eigenvalue weighted by Gasteiger charge is 2.31. The molecule has 3 atom stereocenters. The average Bonchev–Trinajstić information content (AvgIpc) is 3.16. The third kappa shape index (κ3) is 5.39. The zero-order chi connectivity index (χ0) is 24.1. The molecule has 2 aromatic carbocycles. The number of aliphatic hydroxyl groups is 1. The summed E-state index contributed by atoms with van der Waals surface area (Å²) in [6, 6.07) is 16.2. The lowest BCUT2D eigenvalue weighted by molar-refractivity contribution is -0.147. The summed E-state index contributed by atoms with van der Waals surface area (Å²) in [5.74, 6) is -1.77. The van der Waals surface area contributed by atoms with Crippen molar-refractivity contribution in [3.63, 3.8) is 0 Å². The standard InChI is InChI=1S/C26H30N2O6/c29-23(25(31)32)12-13-27-24(30)16-6-5-7-17(14-16)28-26(33)34-15-22-20-10-3-1-8-18(20)19-9-2-4-11-21(19)22/h1-4,8-11,16-17,22-23,29H,5-7,12-15H2,(H,27,30)(H,28,33)(H,31,32)/t16-,17-,23?/m1/s1. The van der Waals surface area contributed by atoms with Crippen LogP contribution in [0.5, 0.6) is 0 Å². The lowest BCUT2D eigenvalue weighted by atomic mass is 9.85. The number of nitrogens with one attached hydrogen (secondary N) is 2. The van der Waals surface area contributed by atoms with E-state index in [0.717, 1.165) is 24.0 Å². The zero-order valence-corrected chi connectivity index (χ0v) is 18.9. The Labute approximate surface area is 198 Å². The zero-order valence-electron chi connectivity index (χ0n) is 18.9. The number of aliphatic carboxylic acids is 1. The highest BCUT2D eigenvalue weighted by atomic mass is 16.5. The van der Waals surface area contributed by atoms with E-state index in [1.807, 2.05) is 24.3 Å². The van der Waals surface area contributed by atoms with Crippen LogP contribution in [0.4, 0.5) is 4.79 Å². The molecule has 2 aliphatic rings. The maximum atomic E-state index is 12.6. The number of hydrogen-bond acceptors (Lipinski definition) is 5. The Bertz CT molecular complexity index is 1010. The van der Waals surface area contributed by atoms with Gasteiger partial charge < -0.3 is 25.6 Å². The Balaban J connectivity index is 1.27. The summed E-state index contributed by atoms with van der Waals surface area (Å²) in [7, 11) is 0. The minimum Gasteiger partial charge on any atom is -0.479 e. The highest BCUT2D eigenvalue weighted by molar-refractivity contribution is 5.80. The average molecular weight is 467 g/mol. The predicted molar refractivity (Wildman–Crippen MR) is 125 cm³/mol. The molecule has 0 bridgehead atoms. The number of amides is 2. The Hall–Kier alpha value is -3.39. The van der Waals surface area contributed by atoms with Crippen LogP contribution < -0.4 is 10.6 Å². The van der Waals surface area contributed by atoms with Gasteiger partial charge in [-0.05, 0) is 41.5 Å². The van der Waals surface area contributed by atoms with Crippen molar-refractivity contribution in [3.05, 3.63) is 59.7 Å². The Morgan fingerprint density at radius 2 is 1.65 bits per heavy atom. The first kappa shape index (κ1) is 23.8. The maximum absolute atomic E-state index is 12.6. The fourth-order valence-corrected chi connectivity index (χ4v) is 4.97. The number of alkyl carbamates (subject to hydrolysis) is 1. The Kier molecular flexibility index (Phi) is 7.47. The van der Waals surface area contributed by atoms with Crippen molar-refractivity contribution in [2.75, 3.05) is 13.2 Å². The molecule has 0 aromatic heterocycles. The van der Waals surface area contributed by atoms with Crippen LogP contribution in [0.3, 0.4) is 0 Å². The van der Waals surface area contributed by atoms with Crippen molar-refractivity contribution in [2.45, 2.75) is 50.2 Å². The van der Waals surface area contributed by atoms with E-state index in [9.17, 15) is 19.5 Å². The van der Waals surface area contributed by atoms with Crippen LogP contribution >= 0.6 is 0 Å². The Morgan fingerprint density at radius 1 is 1.00 bits per heavy atom. The molecule has 8 heteroatoms. The molecule has 2 amide bonds. The fourth-order valence-electron chi connectivity index (χ4n) is 4.97. The Morgan fingerprint density at radius 3 is 2.29 bits per heavy atom. The summed E-state index contributed by atoms with van der Waals surface area (Å²) in [6.07, 6.45) is 0.742. The second kappa shape index (κ2) is 10.7. The number of carboxylic acid groups (broad SMARTS) is 1. The molecule has 2 aromatic rings. The van der Waals surface area contributed by atoms with Crippen LogP contribution in [-0.2, 0) is 14.3 Å². The summed E-state index contributed by atoms with van der Waals surface area (Å²) in [5, 5.41) is 23.6. The number of carboxylic acids is 1. The lowest BCUT2D eigenvalue weighted by Crippen LogP contribution is -2.43. The third-order valence-electron chi connectivity index (χ3n) is 6.71. The summed E-state index contributed by atoms with van der Waals surface area (Å²) in [5.41, 5.74) is 4.64. The number of hydrogen-bond donors (Lipinski definition) is 4. The van der Waals surface area contributed by atoms with E-state index in [4.69, 9.17) is 9.84 Å². The molecule has 8 nitrogen and oxygen atoms in total. The summed E-state index contributed by atoms with van der Waals surface area (Å²) >= 11 is 0. The summed E-state index contributed by atoms with van der Waals surface area (Å²) in [4.78, 5) is 35.7. The molecule has 1 saturated carbocycles. The fraction of sp³-hybridized carbons (Fsp3) is 0.423. The molecule has 0 heterocycles. The first-order valence-electron chi connectivity index (χ1n) is 11.7. The second-order valence-electron chi connectivity index (χ2n) is 8.96. The quantitative estimate of drug-likeness (QED) is 0.474. The van der Waals surface area contributed by atoms with Crippen LogP contribution in [0.2, 0.25) is 0 Å². The van der Waals surface area contributed by atoms with Crippen LogP contribution in [0.25, 0.3) is 11.1 Å². The minimum atomic E-state index is -1.49. The molecule has 0 aliphatic heterocycles. The number of carbonyl (C=O) groups is 3. The monoisotopic (exact) mass is 466 g/mol. The van der Waals surface area contributed by atoms with Gasteiger partial charge in [0.2, 0.25) is 5.91 Å². The number of ether oxygens (including phenoxy) is 1. The van der Waals surface area contributed by atoms with Gasteiger partial charge in [0.05, 0.1) is 0 Å². The van der Waals surface area contributed by atoms with Gasteiger partial charge in [-0.2, -0.15) is 0 Å². The number of benzene rings is 2. The van der Waals surface area contributed by atoms with Crippen molar-refractivity contribution in [3.8, 4) is 11.1 Å². The van der Waals surface area contributed by atoms with Gasteiger partial charge >= 0.3 is 12.1 Å². The van der Waals surface area contributed by atoms with Gasteiger partial charge in [0.15, 0.2) is 6.10 Å². The maximum Gasteiger partial charge on any atom is 0.407 e. The molecule has 0 spiro atoms. The number of fused-ring (bicyclic) bond motifs is 3. The molecule has 1 fully saturated rings. The number of aliphatic hydroxyl groups excluding tert-OH is 1. The molecular formula is C26H30N2O6. The molecular weight excluding hydrogens is 436 g/mol. The predicted octanol–water partition coefficient (Wildman–Crippen LogP) is 3.04. The van der Waals surface area contributed by atoms with E-state index in [-0.39, 0.29) is 43.4 Å². The van der Waals surface area contributed by atoms with E-state index in [1.165, 1.54) is 11.1 Å². The summed E-state index contributed by atoms with van der Waals surface area (Å²) in [6.45, 7) is 0.329. The minimum absolute atomic E-state index is 0.0100. The third-order valence-corrected chi connectivity index (χ3v) is 6.71. The lowest BCUT2D eigenvalue weighted by Gasteiger charge is -2.29. The first-order valence-corrected chi connectivity index (χ1v) is 11.7. The van der Waals surface area contributed by atoms with E-state index < -0.39 is 18.2 Å². The van der Waals surface area contributed by atoms with Gasteiger partial charge in [-0.15, -0.1) is 0 Å². The van der Waals surface area contributed by atoms with Crippen LogP contribution in [0, 0.1) is 5.92 Å². The molecule has 0 saturated heterocycles. The van der Waals surface area contributed by atoms with E-state index in [1.54, 1.807) is 0 Å². The largest absolute Gasteiger partial charge is 0.479 e. The van der Waals surface area contributed by atoms with E-state index >= 15 is 0 Å². The molecule has 1 unspecified atom stereocenters. The van der Waals surface area contributed by atoms with Gasteiger partial charge in [0, 0.05) is 30.8 Å². The second-order valence-corrected chi connectivity index (χ2v) is 8.96. The number of rotatable bonds is 8. The topological polar surface area (TPSA) is 125 Å². The molecule has 180 valence electrons. The van der Waals surface area contributed by atoms with Gasteiger partial charge in [0.1, 0.15) is 6.61 Å². The molecule has 4 N–H and O–H groups in total. The van der Waals surface area contributed by atoms with Crippen molar-refractivity contribution < 1.29 is 29.3 Å². The van der Waals surface area contributed by atoms with Crippen molar-refractivity contribution >= 4 is 18.0 Å². The van der Waals surface area contributed by atoms with Gasteiger partial charge in [-0.1, -0.05) is 55.0 Å². The highest BCUT2D eigenvalue weighted by Crippen LogP contribution is 2.44. The van der Waals surface area contributed by atoms with Crippen molar-refractivity contribution in [1.82, 2.24) is 10.6 Å². The molecule has 4 rings (SSSR count). The van der Waals surface area contributed by atoms with Gasteiger partial charge in [-0.3, -0.25) is 4.79 Å². The summed E-state index contributed by atoms with van der Waals surface area (Å²) < 4.78 is 5.62. The van der Waals surface area contributed by atoms with Crippen LogP contribution in [0.15, 0.2) is 48.5 Å².